The van der Waals surface area contributed by atoms with Gasteiger partial charge < -0.3 is 0 Å². The van der Waals surface area contributed by atoms with Crippen LogP contribution in [-0.2, 0) is 0 Å². The fraction of sp³-hybridized carbons (Fsp3) is 0.250. The Labute approximate surface area is 36.6 Å². The number of hydrogen-bond donors (Lipinski definition) is 0. The van der Waals surface area contributed by atoms with Crippen LogP contribution in [0.4, 0.5) is 0 Å². The molecule has 0 atom stereocenters. The van der Waals surface area contributed by atoms with Crippen LogP contribution in [0.5, 0.6) is 0 Å². The predicted octanol–water partition coefficient (Wildman–Crippen LogP) is 0.528. The van der Waals surface area contributed by atoms with Crippen LogP contribution in [0.15, 0.2) is 10.2 Å². The number of hydrogen-bond acceptors (Lipinski definition) is 2. The van der Waals surface area contributed by atoms with Gasteiger partial charge in [-0.25, -0.2) is 0 Å². The normalized spacial score (nSPS) is 18.7. The van der Waals surface area contributed by atoms with E-state index in [2.05, 4.69) is 16.6 Å². The Balaban J connectivity index is 2.46. The van der Waals surface area contributed by atoms with Gasteiger partial charge in [-0.3, -0.25) is 0 Å². The molecule has 2 nitrogen and oxygen atoms in total. The molecule has 6 heavy (non-hydrogen) atoms. The van der Waals surface area contributed by atoms with Crippen molar-refractivity contribution < 1.29 is 0 Å². The molecule has 2 radical (unpaired) electrons. The second kappa shape index (κ2) is 1.70. The highest BCUT2D eigenvalue weighted by molar-refractivity contribution is 5.77. The lowest BCUT2D eigenvalue weighted by molar-refractivity contribution is 1.20. The Hall–Kier alpha value is -0.660. The van der Waals surface area contributed by atoms with Gasteiger partial charge in [0.15, 0.2) is 0 Å². The van der Waals surface area contributed by atoms with Crippen molar-refractivity contribution in [3.63, 3.8) is 0 Å². The average molecular weight is 80.1 g/mol. The van der Waals surface area contributed by atoms with Gasteiger partial charge in [0.05, 0.1) is 0 Å². The molecule has 1 rings (SSSR count). The molecule has 2 heteroatoms. The molecule has 0 N–H and O–H groups in total. The van der Waals surface area contributed by atoms with Crippen molar-refractivity contribution in [2.45, 2.75) is 6.42 Å². The third-order valence-electron chi connectivity index (χ3n) is 0.506. The van der Waals surface area contributed by atoms with Crippen molar-refractivity contribution in [3.05, 3.63) is 6.42 Å². The number of nitrogens with zero attached hydrogens (tertiary/aromatic N) is 2. The second-order valence-electron chi connectivity index (χ2n) is 0.951. The topological polar surface area (TPSA) is 24.7 Å². The minimum Gasteiger partial charge on any atom is -0.164 e. The van der Waals surface area contributed by atoms with Gasteiger partial charge in [0, 0.05) is 18.9 Å². The van der Waals surface area contributed by atoms with Crippen molar-refractivity contribution in [1.29, 1.82) is 0 Å². The van der Waals surface area contributed by atoms with Gasteiger partial charge in [-0.2, -0.15) is 10.2 Å². The van der Waals surface area contributed by atoms with E-state index in [-0.39, 0.29) is 0 Å². The van der Waals surface area contributed by atoms with E-state index in [9.17, 15) is 0 Å². The molecule has 1 heterocycles. The zero-order valence-corrected chi connectivity index (χ0v) is 3.26. The largest absolute Gasteiger partial charge is 0.164 e. The lowest BCUT2D eigenvalue weighted by Gasteiger charge is -1.85. The summed E-state index contributed by atoms with van der Waals surface area (Å²) in [4.78, 5) is 0. The summed E-state index contributed by atoms with van der Waals surface area (Å²) >= 11 is 0. The molecule has 0 unspecified atom stereocenters. The van der Waals surface area contributed by atoms with E-state index in [0.29, 0.717) is 0 Å². The molecule has 30 valence electrons. The van der Waals surface area contributed by atoms with E-state index in [1.54, 1.807) is 12.4 Å². The fourth-order valence-electron chi connectivity index (χ4n) is 0.268. The zero-order chi connectivity index (χ0) is 4.24. The first kappa shape index (κ1) is 3.53. The molecular formula is C4H4N2. The van der Waals surface area contributed by atoms with Crippen LogP contribution >= 0.6 is 0 Å². The highest BCUT2D eigenvalue weighted by Crippen LogP contribution is 1.85. The van der Waals surface area contributed by atoms with Gasteiger partial charge in [-0.15, -0.1) is 0 Å². The summed E-state index contributed by atoms with van der Waals surface area (Å²) in [5, 5.41) is 7.07. The third kappa shape index (κ3) is 0.641. The molecule has 0 amide bonds. The maximum Gasteiger partial charge on any atom is 0.0364 e. The second-order valence-corrected chi connectivity index (χ2v) is 0.951. The van der Waals surface area contributed by atoms with Crippen molar-refractivity contribution in [2.75, 3.05) is 0 Å². The summed E-state index contributed by atoms with van der Waals surface area (Å²) in [6.45, 7) is 0. The van der Waals surface area contributed by atoms with E-state index in [0.717, 1.165) is 6.42 Å². The van der Waals surface area contributed by atoms with E-state index < -0.39 is 0 Å². The summed E-state index contributed by atoms with van der Waals surface area (Å²) in [6.07, 6.45) is 6.93. The molecule has 0 bridgehead atoms. The lowest BCUT2D eigenvalue weighted by atomic mass is 10.3. The first-order valence-corrected chi connectivity index (χ1v) is 1.77. The smallest absolute Gasteiger partial charge is 0.0364 e. The van der Waals surface area contributed by atoms with Crippen LogP contribution in [-0.4, -0.2) is 12.4 Å². The zero-order valence-electron chi connectivity index (χ0n) is 3.26. The SMILES string of the molecule is [C]1C=NN=CC1. The summed E-state index contributed by atoms with van der Waals surface area (Å²) in [7, 11) is 0. The van der Waals surface area contributed by atoms with Crippen LogP contribution < -0.4 is 0 Å². The van der Waals surface area contributed by atoms with E-state index in [1.165, 1.54) is 0 Å². The highest BCUT2D eigenvalue weighted by Gasteiger charge is 1.81. The first-order valence-electron chi connectivity index (χ1n) is 1.77. The minimum atomic E-state index is 0.809. The van der Waals surface area contributed by atoms with Gasteiger partial charge in [-0.05, 0) is 6.42 Å². The summed E-state index contributed by atoms with van der Waals surface area (Å²) in [5.74, 6) is 0. The van der Waals surface area contributed by atoms with Crippen LogP contribution in [0.1, 0.15) is 6.42 Å². The van der Waals surface area contributed by atoms with Gasteiger partial charge in [0.2, 0.25) is 0 Å². The van der Waals surface area contributed by atoms with Crippen molar-refractivity contribution >= 4 is 12.4 Å². The molecule has 0 aliphatic carbocycles. The first-order chi connectivity index (χ1) is 3.00. The lowest BCUT2D eigenvalue weighted by Crippen LogP contribution is -1.83. The molecular weight excluding hydrogens is 76.1 g/mol. The number of rotatable bonds is 0. The average Bonchev–Trinajstić information content (AvgIpc) is 1.72. The minimum absolute atomic E-state index is 0.809. The Morgan fingerprint density at radius 1 is 1.50 bits per heavy atom. The van der Waals surface area contributed by atoms with Gasteiger partial charge in [-0.1, -0.05) is 0 Å². The Morgan fingerprint density at radius 2 is 2.50 bits per heavy atom. The third-order valence-corrected chi connectivity index (χ3v) is 0.506. The predicted molar refractivity (Wildman–Crippen MR) is 24.8 cm³/mol. The highest BCUT2D eigenvalue weighted by atomic mass is 15.2. The Kier molecular flexibility index (Phi) is 0.998. The Morgan fingerprint density at radius 3 is 2.67 bits per heavy atom. The molecule has 0 aromatic rings. The van der Waals surface area contributed by atoms with Crippen LogP contribution in [0.2, 0.25) is 0 Å². The van der Waals surface area contributed by atoms with E-state index >= 15 is 0 Å². The maximum absolute atomic E-state index is 3.56. The summed E-state index contributed by atoms with van der Waals surface area (Å²) in [6, 6.07) is 0. The summed E-state index contributed by atoms with van der Waals surface area (Å²) in [5.41, 5.74) is 0. The van der Waals surface area contributed by atoms with E-state index in [1.807, 2.05) is 0 Å². The molecule has 0 spiro atoms. The van der Waals surface area contributed by atoms with Crippen LogP contribution in [0.3, 0.4) is 0 Å². The quantitative estimate of drug-likeness (QED) is 0.405. The molecule has 0 aromatic heterocycles. The fourth-order valence-corrected chi connectivity index (χ4v) is 0.268. The molecule has 0 aromatic carbocycles. The van der Waals surface area contributed by atoms with Gasteiger partial charge >= 0.3 is 0 Å². The van der Waals surface area contributed by atoms with Crippen LogP contribution in [0.25, 0.3) is 0 Å². The van der Waals surface area contributed by atoms with E-state index in [4.69, 9.17) is 0 Å². The van der Waals surface area contributed by atoms with Gasteiger partial charge in [0.25, 0.3) is 0 Å². The molecule has 1 aliphatic rings. The summed E-state index contributed by atoms with van der Waals surface area (Å²) < 4.78 is 0. The van der Waals surface area contributed by atoms with Crippen molar-refractivity contribution in [2.24, 2.45) is 10.2 Å². The standard InChI is InChI=1S/C4H4N2/c1-2-4-6-5-3-1/h3-4H,1H2. The van der Waals surface area contributed by atoms with Crippen LogP contribution in [0, 0.1) is 6.42 Å². The van der Waals surface area contributed by atoms with Crippen molar-refractivity contribution in [1.82, 2.24) is 0 Å². The molecule has 0 fully saturated rings. The molecule has 0 saturated heterocycles. The van der Waals surface area contributed by atoms with Gasteiger partial charge in [0.1, 0.15) is 0 Å². The molecule has 1 aliphatic heterocycles. The molecule has 0 saturated carbocycles. The Bertz CT molecular complexity index is 71.5. The maximum atomic E-state index is 3.56. The van der Waals surface area contributed by atoms with Crippen molar-refractivity contribution in [3.8, 4) is 0 Å². The monoisotopic (exact) mass is 80.0 g/mol.